The number of rotatable bonds is 1. The summed E-state index contributed by atoms with van der Waals surface area (Å²) in [4.78, 5) is 10.3. The second-order valence-corrected chi connectivity index (χ2v) is 2.09. The van der Waals surface area contributed by atoms with Crippen LogP contribution < -0.4 is 0 Å². The Morgan fingerprint density at radius 2 is 2.44 bits per heavy atom. The molecular formula is C4H2Cl2N2O. The Balaban J connectivity index is 3.08. The van der Waals surface area contributed by atoms with E-state index in [-0.39, 0.29) is 10.7 Å². The Hall–Kier alpha value is -0.540. The van der Waals surface area contributed by atoms with E-state index in [9.17, 15) is 4.79 Å². The van der Waals surface area contributed by atoms with Crippen LogP contribution in [0, 0.1) is 0 Å². The van der Waals surface area contributed by atoms with Gasteiger partial charge in [0.1, 0.15) is 5.15 Å². The summed E-state index contributed by atoms with van der Waals surface area (Å²) >= 11 is 10.5. The second-order valence-electron chi connectivity index (χ2n) is 1.37. The molecule has 0 amide bonds. The van der Waals surface area contributed by atoms with Gasteiger partial charge in [0.2, 0.25) is 0 Å². The van der Waals surface area contributed by atoms with Gasteiger partial charge in [-0.05, 0) is 11.6 Å². The van der Waals surface area contributed by atoms with Crippen molar-refractivity contribution >= 4 is 28.4 Å². The largest absolute Gasteiger partial charge is 0.275 e. The van der Waals surface area contributed by atoms with E-state index in [4.69, 9.17) is 23.2 Å². The van der Waals surface area contributed by atoms with Crippen molar-refractivity contribution < 1.29 is 4.79 Å². The SMILES string of the molecule is O=C(Cl)c1cn[nH]c1Cl. The molecule has 0 saturated carbocycles. The molecule has 1 rings (SSSR count). The third-order valence-electron chi connectivity index (χ3n) is 0.805. The fraction of sp³-hybridized carbons (Fsp3) is 0. The second kappa shape index (κ2) is 2.37. The van der Waals surface area contributed by atoms with Gasteiger partial charge in [-0.15, -0.1) is 0 Å². The molecule has 0 radical (unpaired) electrons. The minimum atomic E-state index is -0.603. The van der Waals surface area contributed by atoms with Gasteiger partial charge in [0.15, 0.2) is 0 Å². The third-order valence-corrected chi connectivity index (χ3v) is 1.30. The summed E-state index contributed by atoms with van der Waals surface area (Å²) in [5.74, 6) is 0. The fourth-order valence-corrected chi connectivity index (χ4v) is 0.782. The van der Waals surface area contributed by atoms with E-state index >= 15 is 0 Å². The Kier molecular flexibility index (Phi) is 1.73. The van der Waals surface area contributed by atoms with Crippen LogP contribution in [0.15, 0.2) is 6.20 Å². The molecule has 0 spiro atoms. The summed E-state index contributed by atoms with van der Waals surface area (Å²) in [7, 11) is 0. The molecule has 9 heavy (non-hydrogen) atoms. The lowest BCUT2D eigenvalue weighted by molar-refractivity contribution is 0.108. The van der Waals surface area contributed by atoms with Crippen molar-refractivity contribution in [1.82, 2.24) is 10.2 Å². The Bertz CT molecular complexity index is 232. The predicted octanol–water partition coefficient (Wildman–Crippen LogP) is 1.44. The number of aromatic nitrogens is 2. The minimum absolute atomic E-state index is 0.176. The molecule has 0 aliphatic rings. The molecule has 1 heterocycles. The van der Waals surface area contributed by atoms with Gasteiger partial charge in [0.25, 0.3) is 5.24 Å². The van der Waals surface area contributed by atoms with Crippen LogP contribution >= 0.6 is 23.2 Å². The standard InChI is InChI=1S/C4H2Cl2N2O/c5-3-2(4(6)9)1-7-8-3/h1H,(H,7,8). The molecule has 0 aliphatic heterocycles. The predicted molar refractivity (Wildman–Crippen MR) is 33.8 cm³/mol. The van der Waals surface area contributed by atoms with Crippen molar-refractivity contribution in [3.05, 3.63) is 16.9 Å². The molecule has 48 valence electrons. The normalized spacial score (nSPS) is 9.56. The highest BCUT2D eigenvalue weighted by molar-refractivity contribution is 6.68. The average Bonchev–Trinajstić information content (AvgIpc) is 2.13. The molecule has 3 nitrogen and oxygen atoms in total. The van der Waals surface area contributed by atoms with Crippen LogP contribution in [0.25, 0.3) is 0 Å². The maximum absolute atomic E-state index is 10.3. The maximum Gasteiger partial charge on any atom is 0.257 e. The molecule has 0 aromatic carbocycles. The first-order valence-electron chi connectivity index (χ1n) is 2.10. The van der Waals surface area contributed by atoms with Gasteiger partial charge in [0.05, 0.1) is 11.8 Å². The summed E-state index contributed by atoms with van der Waals surface area (Å²) in [5, 5.41) is 5.41. The van der Waals surface area contributed by atoms with Gasteiger partial charge >= 0.3 is 0 Å². The number of carbonyl (C=O) groups excluding carboxylic acids is 1. The van der Waals surface area contributed by atoms with Crippen molar-refractivity contribution in [2.75, 3.05) is 0 Å². The van der Waals surface area contributed by atoms with Crippen molar-refractivity contribution in [2.24, 2.45) is 0 Å². The first-order valence-corrected chi connectivity index (χ1v) is 2.86. The van der Waals surface area contributed by atoms with Crippen LogP contribution in [0.3, 0.4) is 0 Å². The van der Waals surface area contributed by atoms with Crippen LogP contribution in [0.5, 0.6) is 0 Å². The molecule has 0 atom stereocenters. The number of halogens is 2. The van der Waals surface area contributed by atoms with Gasteiger partial charge in [-0.1, -0.05) is 11.6 Å². The van der Waals surface area contributed by atoms with Crippen LogP contribution in [0.4, 0.5) is 0 Å². The Labute approximate surface area is 61.0 Å². The lowest BCUT2D eigenvalue weighted by atomic mass is 10.4. The summed E-state index contributed by atoms with van der Waals surface area (Å²) in [5.41, 5.74) is 0.207. The monoisotopic (exact) mass is 164 g/mol. The first kappa shape index (κ1) is 6.58. The van der Waals surface area contributed by atoms with Crippen molar-refractivity contribution in [3.63, 3.8) is 0 Å². The quantitative estimate of drug-likeness (QED) is 0.639. The zero-order valence-electron chi connectivity index (χ0n) is 4.19. The molecule has 0 saturated heterocycles. The number of aromatic amines is 1. The summed E-state index contributed by atoms with van der Waals surface area (Å²) in [6, 6.07) is 0. The molecular weight excluding hydrogens is 163 g/mol. The molecule has 0 unspecified atom stereocenters. The Morgan fingerprint density at radius 1 is 1.78 bits per heavy atom. The highest BCUT2D eigenvalue weighted by Crippen LogP contribution is 2.12. The van der Waals surface area contributed by atoms with E-state index in [0.717, 1.165) is 0 Å². The highest BCUT2D eigenvalue weighted by atomic mass is 35.5. The van der Waals surface area contributed by atoms with E-state index < -0.39 is 5.24 Å². The average molecular weight is 165 g/mol. The first-order chi connectivity index (χ1) is 4.22. The number of hydrogen-bond donors (Lipinski definition) is 1. The topological polar surface area (TPSA) is 45.8 Å². The van der Waals surface area contributed by atoms with Gasteiger partial charge < -0.3 is 0 Å². The lowest BCUT2D eigenvalue weighted by Crippen LogP contribution is -1.84. The van der Waals surface area contributed by atoms with Crippen LogP contribution in [0.2, 0.25) is 5.15 Å². The zero-order chi connectivity index (χ0) is 6.85. The van der Waals surface area contributed by atoms with Crippen LogP contribution in [-0.4, -0.2) is 15.4 Å². The van der Waals surface area contributed by atoms with E-state index in [0.29, 0.717) is 0 Å². The molecule has 0 aliphatic carbocycles. The van der Waals surface area contributed by atoms with Crippen molar-refractivity contribution in [1.29, 1.82) is 0 Å². The zero-order valence-corrected chi connectivity index (χ0v) is 5.70. The van der Waals surface area contributed by atoms with Gasteiger partial charge in [-0.3, -0.25) is 9.89 Å². The number of hydrogen-bond acceptors (Lipinski definition) is 2. The molecule has 1 aromatic heterocycles. The summed E-state index contributed by atoms with van der Waals surface area (Å²) in [6.45, 7) is 0. The number of nitrogens with one attached hydrogen (secondary N) is 1. The molecule has 0 fully saturated rings. The van der Waals surface area contributed by atoms with Crippen LogP contribution in [0.1, 0.15) is 10.4 Å². The smallest absolute Gasteiger partial charge is 0.257 e. The summed E-state index contributed by atoms with van der Waals surface area (Å²) < 4.78 is 0. The van der Waals surface area contributed by atoms with Crippen LogP contribution in [-0.2, 0) is 0 Å². The third kappa shape index (κ3) is 1.23. The lowest BCUT2D eigenvalue weighted by Gasteiger charge is -1.81. The Morgan fingerprint density at radius 3 is 2.67 bits per heavy atom. The van der Waals surface area contributed by atoms with E-state index in [1.807, 2.05) is 0 Å². The van der Waals surface area contributed by atoms with Crippen molar-refractivity contribution in [3.8, 4) is 0 Å². The minimum Gasteiger partial charge on any atom is -0.275 e. The maximum atomic E-state index is 10.3. The molecule has 5 heteroatoms. The van der Waals surface area contributed by atoms with E-state index in [1.54, 1.807) is 0 Å². The number of H-pyrrole nitrogens is 1. The van der Waals surface area contributed by atoms with E-state index in [2.05, 4.69) is 10.2 Å². The van der Waals surface area contributed by atoms with Crippen molar-refractivity contribution in [2.45, 2.75) is 0 Å². The summed E-state index contributed by atoms with van der Waals surface area (Å²) in [6.07, 6.45) is 1.28. The fourth-order valence-electron chi connectivity index (χ4n) is 0.407. The number of nitrogens with zero attached hydrogens (tertiary/aromatic N) is 1. The molecule has 1 aromatic rings. The van der Waals surface area contributed by atoms with Gasteiger partial charge in [-0.2, -0.15) is 5.10 Å². The highest BCUT2D eigenvalue weighted by Gasteiger charge is 2.07. The van der Waals surface area contributed by atoms with Gasteiger partial charge in [0, 0.05) is 0 Å². The molecule has 1 N–H and O–H groups in total. The van der Waals surface area contributed by atoms with E-state index in [1.165, 1.54) is 6.20 Å². The van der Waals surface area contributed by atoms with Gasteiger partial charge in [-0.25, -0.2) is 0 Å². The number of carbonyl (C=O) groups is 1. The molecule has 0 bridgehead atoms.